The van der Waals surface area contributed by atoms with Gasteiger partial charge in [-0.2, -0.15) is 4.80 Å². The molecule has 1 aromatic rings. The summed E-state index contributed by atoms with van der Waals surface area (Å²) in [4.78, 5) is 62.9. The largest absolute Gasteiger partial charge is 0.480 e. The predicted octanol–water partition coefficient (Wildman–Crippen LogP) is 8.36. The van der Waals surface area contributed by atoms with Gasteiger partial charge in [0.25, 0.3) is 11.7 Å². The summed E-state index contributed by atoms with van der Waals surface area (Å²) < 4.78 is 5.67. The van der Waals surface area contributed by atoms with Crippen molar-refractivity contribution in [1.82, 2.24) is 25.1 Å². The molecule has 2 fully saturated rings. The number of hydrogen-bond acceptors (Lipinski definition) is 13. The van der Waals surface area contributed by atoms with Gasteiger partial charge >= 0.3 is 5.97 Å². The fourth-order valence-electron chi connectivity index (χ4n) is 8.90. The predicted molar refractivity (Wildman–Crippen MR) is 270 cm³/mol. The molecule has 16 nitrogen and oxygen atoms in total. The standard InChI is InChI=1S/C41H68N4O3.C10H15NO6.2CH4O/c1-9-10-11-12-14-17-31(2)18-15-13-16-19-32(3)26-36(7)41(47)40(48-8)29-34(5)27-35(6)39(46)25-20-33(4)28-37-21-23-38(24-22-37)45-43-30-42-44-45;1-10(16,17)7(12)8(13)11-5-3-2-4-6(11)9(14)15;2*1-2/h13,15-16,18-19,27,30,32-33,35-38,40H,9-12,14,17,20-26,28-29H2,1-8H3;6,16-17H,2-5H2,1H3,(H,14,15);2*2H,1H3/b15-13+,19-16+,31-18+,34-27+;;;/t32-,33+,35-,36?,37?,38?,40?;6-;;/m10../s1. The van der Waals surface area contributed by atoms with Crippen molar-refractivity contribution in [2.45, 2.75) is 195 Å². The average molecular weight is 974 g/mol. The van der Waals surface area contributed by atoms with Gasteiger partial charge in [0.2, 0.25) is 5.79 Å². The second-order valence-corrected chi connectivity index (χ2v) is 19.2. The van der Waals surface area contributed by atoms with E-state index in [2.05, 4.69) is 73.5 Å². The first-order valence-electron chi connectivity index (χ1n) is 25.2. The minimum atomic E-state index is -2.77. The summed E-state index contributed by atoms with van der Waals surface area (Å²) >= 11 is 0. The number of amides is 1. The first kappa shape index (κ1) is 64.8. The average Bonchev–Trinajstić information content (AvgIpc) is 3.88. The van der Waals surface area contributed by atoms with Crippen molar-refractivity contribution in [2.75, 3.05) is 27.9 Å². The van der Waals surface area contributed by atoms with E-state index in [1.54, 1.807) is 11.9 Å². The number of aliphatic hydroxyl groups excluding tert-OH is 2. The van der Waals surface area contributed by atoms with Crippen molar-refractivity contribution in [3.8, 4) is 0 Å². The van der Waals surface area contributed by atoms with E-state index in [4.69, 9.17) is 30.3 Å². The SMILES string of the molecule is CC(O)(O)C(=O)C(=O)N1CCCC[C@H]1C(=O)O.CCCCCCC/C(C)=C/C=C/C=C/[C@@H](C)CC(C)C(=O)C(C/C(C)=C/[C@@H](C)C(=O)CC[C@H](C)CC1CCC(n2ncnn2)CC1)OC.CO.CO. The van der Waals surface area contributed by atoms with Crippen LogP contribution in [0.5, 0.6) is 0 Å². The zero-order chi connectivity index (χ0) is 52.5. The van der Waals surface area contributed by atoms with Gasteiger partial charge in [0.15, 0.2) is 12.1 Å². The highest BCUT2D eigenvalue weighted by molar-refractivity contribution is 6.38. The van der Waals surface area contributed by atoms with Gasteiger partial charge in [-0.25, -0.2) is 4.79 Å². The number of Topliss-reactive ketones (excluding diaryl/α,β-unsaturated/α-hetero) is 3. The Morgan fingerprint density at radius 2 is 1.51 bits per heavy atom. The fourth-order valence-corrected chi connectivity index (χ4v) is 8.90. The van der Waals surface area contributed by atoms with E-state index in [-0.39, 0.29) is 36.4 Å². The Kier molecular flexibility index (Phi) is 34.4. The number of aromatic nitrogens is 4. The second-order valence-electron chi connectivity index (χ2n) is 19.2. The first-order valence-corrected chi connectivity index (χ1v) is 25.2. The summed E-state index contributed by atoms with van der Waals surface area (Å²) in [6.07, 6.45) is 31.6. The number of ketones is 3. The number of carboxylic acids is 1. The van der Waals surface area contributed by atoms with Crippen LogP contribution in [-0.4, -0.2) is 126 Å². The quantitative estimate of drug-likeness (QED) is 0.0183. The minimum Gasteiger partial charge on any atom is -0.480 e. The van der Waals surface area contributed by atoms with Crippen LogP contribution in [0.3, 0.4) is 0 Å². The molecule has 5 N–H and O–H groups in total. The van der Waals surface area contributed by atoms with Gasteiger partial charge in [-0.1, -0.05) is 108 Å². The number of aliphatic hydroxyl groups is 4. The molecular weight excluding hydrogens is 883 g/mol. The third-order valence-electron chi connectivity index (χ3n) is 12.9. The molecule has 3 rings (SSSR count). The lowest BCUT2D eigenvalue weighted by Gasteiger charge is -2.33. The van der Waals surface area contributed by atoms with Crippen LogP contribution in [0, 0.1) is 29.6 Å². The number of unbranched alkanes of at least 4 members (excludes halogenated alkanes) is 4. The van der Waals surface area contributed by atoms with Gasteiger partial charge in [0.05, 0.1) is 6.04 Å². The van der Waals surface area contributed by atoms with Crippen molar-refractivity contribution in [2.24, 2.45) is 29.6 Å². The summed E-state index contributed by atoms with van der Waals surface area (Å²) in [5.74, 6) is -4.85. The van der Waals surface area contributed by atoms with Gasteiger partial charge in [0.1, 0.15) is 17.9 Å². The van der Waals surface area contributed by atoms with Crippen LogP contribution < -0.4 is 0 Å². The van der Waals surface area contributed by atoms with E-state index in [1.165, 1.54) is 69.7 Å². The van der Waals surface area contributed by atoms with E-state index in [0.29, 0.717) is 49.5 Å². The number of allylic oxidation sites excluding steroid dienone is 7. The Hall–Kier alpha value is -4.22. The molecule has 0 bridgehead atoms. The van der Waals surface area contributed by atoms with Crippen LogP contribution in [0.4, 0.5) is 0 Å². The number of tetrazole rings is 1. The normalized spacial score (nSPS) is 20.0. The first-order chi connectivity index (χ1) is 32.8. The number of carbonyl (C=O) groups excluding carboxylic acids is 4. The molecule has 1 saturated carbocycles. The molecule has 2 aliphatic rings. The van der Waals surface area contributed by atoms with Gasteiger partial charge in [-0.05, 0) is 121 Å². The Morgan fingerprint density at radius 3 is 2.09 bits per heavy atom. The number of aliphatic carboxylic acids is 1. The monoisotopic (exact) mass is 974 g/mol. The second kappa shape index (κ2) is 36.7. The molecule has 0 radical (unpaired) electrons. The summed E-state index contributed by atoms with van der Waals surface area (Å²) in [7, 11) is 3.62. The number of likely N-dealkylation sites (tertiary alicyclic amines) is 1. The Balaban J connectivity index is 0.00000183. The molecule has 6 atom stereocenters. The fraction of sp³-hybridized carbons (Fsp3) is 0.736. The number of carbonyl (C=O) groups is 5. The Bertz CT molecular complexity index is 1730. The van der Waals surface area contributed by atoms with Crippen LogP contribution in [0.25, 0.3) is 0 Å². The van der Waals surface area contributed by atoms with Gasteiger partial charge in [0, 0.05) is 52.6 Å². The summed E-state index contributed by atoms with van der Waals surface area (Å²) in [5, 5.41) is 53.1. The van der Waals surface area contributed by atoms with Gasteiger partial charge in [-0.3, -0.25) is 19.2 Å². The van der Waals surface area contributed by atoms with Gasteiger partial charge < -0.3 is 35.2 Å². The highest BCUT2D eigenvalue weighted by atomic mass is 16.5. The molecule has 0 aromatic carbocycles. The molecule has 394 valence electrons. The maximum Gasteiger partial charge on any atom is 0.326 e. The molecular formula is C53H91N5O11. The molecule has 2 heterocycles. The van der Waals surface area contributed by atoms with E-state index in [9.17, 15) is 24.0 Å². The van der Waals surface area contributed by atoms with Crippen molar-refractivity contribution in [3.05, 3.63) is 53.9 Å². The molecule has 0 spiro atoms. The van der Waals surface area contributed by atoms with E-state index >= 15 is 0 Å². The van der Waals surface area contributed by atoms with Crippen molar-refractivity contribution in [3.63, 3.8) is 0 Å². The number of nitrogens with zero attached hydrogens (tertiary/aromatic N) is 5. The van der Waals surface area contributed by atoms with Crippen molar-refractivity contribution >= 4 is 29.2 Å². The number of rotatable bonds is 27. The number of piperidine rings is 1. The summed E-state index contributed by atoms with van der Waals surface area (Å²) in [6.45, 7) is 15.8. The molecule has 1 amide bonds. The van der Waals surface area contributed by atoms with Crippen molar-refractivity contribution < 1.29 is 54.2 Å². The lowest BCUT2D eigenvalue weighted by molar-refractivity contribution is -0.183. The highest BCUT2D eigenvalue weighted by Crippen LogP contribution is 2.35. The van der Waals surface area contributed by atoms with Crippen LogP contribution in [0.2, 0.25) is 0 Å². The highest BCUT2D eigenvalue weighted by Gasteiger charge is 2.41. The molecule has 69 heavy (non-hydrogen) atoms. The van der Waals surface area contributed by atoms with E-state index in [0.717, 1.165) is 57.3 Å². The Labute approximate surface area is 413 Å². The topological polar surface area (TPSA) is 243 Å². The van der Waals surface area contributed by atoms with Crippen LogP contribution in [-0.2, 0) is 28.7 Å². The number of ether oxygens (including phenoxy) is 1. The zero-order valence-corrected chi connectivity index (χ0v) is 44.0. The summed E-state index contributed by atoms with van der Waals surface area (Å²) in [5.41, 5.74) is 2.46. The third-order valence-corrected chi connectivity index (χ3v) is 12.9. The van der Waals surface area contributed by atoms with Crippen molar-refractivity contribution in [1.29, 1.82) is 0 Å². The smallest absolute Gasteiger partial charge is 0.326 e. The van der Waals surface area contributed by atoms with Crippen LogP contribution in [0.15, 0.2) is 53.9 Å². The van der Waals surface area contributed by atoms with E-state index in [1.807, 2.05) is 26.8 Å². The minimum absolute atomic E-state index is 0.101. The number of carboxylic acid groups (broad SMARTS) is 1. The maximum atomic E-state index is 13.3. The molecule has 1 saturated heterocycles. The molecule has 1 aromatic heterocycles. The lowest BCUT2D eigenvalue weighted by Crippen LogP contribution is -2.54. The molecule has 1 aliphatic heterocycles. The van der Waals surface area contributed by atoms with Crippen LogP contribution >= 0.6 is 0 Å². The van der Waals surface area contributed by atoms with Crippen LogP contribution in [0.1, 0.15) is 177 Å². The van der Waals surface area contributed by atoms with Gasteiger partial charge in [-0.15, -0.1) is 10.2 Å². The number of methoxy groups -OCH3 is 1. The van der Waals surface area contributed by atoms with E-state index < -0.39 is 35.6 Å². The molecule has 2 unspecified atom stereocenters. The maximum absolute atomic E-state index is 13.3. The third kappa shape index (κ3) is 26.5. The Morgan fingerprint density at radius 1 is 0.855 bits per heavy atom. The molecule has 1 aliphatic carbocycles. The zero-order valence-electron chi connectivity index (χ0n) is 44.0. The number of hydrogen-bond donors (Lipinski definition) is 5. The lowest BCUT2D eigenvalue weighted by atomic mass is 9.80. The molecule has 16 heteroatoms. The summed E-state index contributed by atoms with van der Waals surface area (Å²) in [6, 6.07) is -0.694.